The molecule has 12 rings (SSSR count). The van der Waals surface area contributed by atoms with Gasteiger partial charge < -0.3 is 61.5 Å². The number of amides is 6. The van der Waals surface area contributed by atoms with Crippen LogP contribution in [0.2, 0.25) is 0 Å². The summed E-state index contributed by atoms with van der Waals surface area (Å²) in [5.74, 6) is 1.28. The number of carbonyl (C=O) groups is 6. The summed E-state index contributed by atoms with van der Waals surface area (Å²) < 4.78 is 22.4. The maximum atomic E-state index is 13.8. The third kappa shape index (κ3) is 18.6. The molecule has 6 amide bonds. The fourth-order valence-corrected chi connectivity index (χ4v) is 16.6. The Labute approximate surface area is 622 Å². The highest BCUT2D eigenvalue weighted by molar-refractivity contribution is 7.18. The van der Waals surface area contributed by atoms with E-state index in [4.69, 9.17) is 4.11 Å². The summed E-state index contributed by atoms with van der Waals surface area (Å²) in [6.07, 6.45) is 20.0. The third-order valence-corrected chi connectivity index (χ3v) is 24.3. The molecule has 103 heavy (non-hydrogen) atoms. The summed E-state index contributed by atoms with van der Waals surface area (Å²) in [6.45, 7) is 23.5. The van der Waals surface area contributed by atoms with Gasteiger partial charge in [-0.15, -0.1) is 34.0 Å². The smallest absolute Gasteiger partial charge is 0.283 e. The lowest BCUT2D eigenvalue weighted by Gasteiger charge is -2.33. The predicted molar refractivity (Wildman–Crippen MR) is 408 cm³/mol. The number of aliphatic hydroxyl groups is 3. The van der Waals surface area contributed by atoms with E-state index in [0.29, 0.717) is 69.6 Å². The van der Waals surface area contributed by atoms with Crippen molar-refractivity contribution >= 4 is 86.9 Å². The first-order valence-electron chi connectivity index (χ1n) is 38.2. The number of hydrogen-bond acceptors (Lipinski definition) is 21. The van der Waals surface area contributed by atoms with Gasteiger partial charge >= 0.3 is 0 Å². The summed E-state index contributed by atoms with van der Waals surface area (Å²) in [4.78, 5) is 116. The number of hydrogen-bond donors (Lipinski definition) is 8. The first kappa shape index (κ1) is 73.7. The number of aliphatic hydroxyl groups excluding tert-OH is 1. The molecule has 10 heterocycles. The molecule has 27 heteroatoms. The Morgan fingerprint density at radius 3 is 1.43 bits per heavy atom. The molecule has 8 N–H and O–H groups in total. The SMILES string of the molecule is CC[C@@H](C)Nc1cc(C)c(-c2sc(C(=O)N(C)C(C)(C)CO)nc2C(=O)N2C3CCC2CC3)cn1.CC[C@H](Nc1cc(C)c(-c2sc(C(=O)NCC3(O)CC3)nc2C(=O)N2CCC[C@@H]2C)cn1)C1CC1.[2H]C([2H])([2H])C(C)(O)CNC(=O)c1nc(C(=O)N2CCC[C@@H]2C)c(-c2cnc(N[C@H](C)CC)cc2C)s1. The molecule has 2 saturated carbocycles. The third-order valence-electron chi connectivity index (χ3n) is 21.0. The van der Waals surface area contributed by atoms with Crippen molar-refractivity contribution in [3.05, 3.63) is 85.6 Å². The molecule has 6 atom stereocenters. The average molecular weight is 1470 g/mol. The van der Waals surface area contributed by atoms with Crippen LogP contribution in [0.3, 0.4) is 0 Å². The molecule has 6 fully saturated rings. The molecule has 0 radical (unpaired) electrons. The second kappa shape index (κ2) is 32.8. The normalized spacial score (nSPS) is 20.7. The largest absolute Gasteiger partial charge is 0.394 e. The van der Waals surface area contributed by atoms with Crippen LogP contribution in [0.5, 0.6) is 0 Å². The standard InChI is InChI=1S/C26H35N5O3S.C26H37N5O3S.C24H35N5O3S/c1-4-19(17-7-8-17)29-20-12-15(2)18(13-27-20)22-21(25(33)31-11-5-6-16(31)3)30-24(35-22)23(32)28-14-26(34)9-10-26;1-7-16(3)28-20-12-15(2)19(13-27-20)22-21(24(33)31-17-8-9-18(31)11-10-17)29-23(35-22)25(34)30(6)26(4,5)14-32;1-7-15(3)27-18-11-14(2)17(12-25-18)20-19(23(31)29-10-8-9-16(29)4)28-22(33-20)21(30)26-13-24(5,6)32/h12-13,16-17,19,34H,4-11,14H2,1-3H3,(H,27,29)(H,28,32);12-13,16-18,32H,7-11,14H2,1-6H3,(H,27,28);11-12,15-16,32H,7-10,13H2,1-6H3,(H,25,27)(H,26,30)/t16-,19-;16-,17?,18?;15-,16+/m011/s1/i;;5D3/t;;15-,16+,24?. The van der Waals surface area contributed by atoms with Crippen LogP contribution in [0.15, 0.2) is 36.8 Å². The van der Waals surface area contributed by atoms with Crippen molar-refractivity contribution in [1.29, 1.82) is 0 Å². The second-order valence-electron chi connectivity index (χ2n) is 30.0. The van der Waals surface area contributed by atoms with E-state index in [0.717, 1.165) is 140 Å². The molecule has 24 nitrogen and oxygen atoms in total. The molecule has 1 unspecified atom stereocenters. The Kier molecular flexibility index (Phi) is 23.5. The van der Waals surface area contributed by atoms with Gasteiger partial charge in [-0.2, -0.15) is 0 Å². The summed E-state index contributed by atoms with van der Waals surface area (Å²) in [5.41, 5.74) is 2.34. The minimum atomic E-state index is -2.67. The van der Waals surface area contributed by atoms with E-state index in [2.05, 4.69) is 98.0 Å². The van der Waals surface area contributed by atoms with Gasteiger partial charge in [-0.25, -0.2) is 29.9 Å². The zero-order valence-corrected chi connectivity index (χ0v) is 64.7. The molecule has 6 aromatic rings. The highest BCUT2D eigenvalue weighted by Gasteiger charge is 2.45. The molecule has 4 aliphatic heterocycles. The van der Waals surface area contributed by atoms with Gasteiger partial charge in [0.2, 0.25) is 0 Å². The number of carbonyl (C=O) groups excluding carboxylic acids is 6. The topological polar surface area (TPSA) is 314 Å². The first-order valence-corrected chi connectivity index (χ1v) is 39.1. The van der Waals surface area contributed by atoms with Crippen molar-refractivity contribution in [2.24, 2.45) is 5.92 Å². The Balaban J connectivity index is 0.000000170. The molecular formula is C76H107N15O9S3. The number of aromatic nitrogens is 6. The molecule has 6 aromatic heterocycles. The highest BCUT2D eigenvalue weighted by atomic mass is 32.1. The van der Waals surface area contributed by atoms with Gasteiger partial charge in [-0.1, -0.05) is 20.8 Å². The van der Waals surface area contributed by atoms with Crippen molar-refractivity contribution in [3.8, 4) is 31.3 Å². The van der Waals surface area contributed by atoms with E-state index in [-0.39, 0.29) is 93.6 Å². The van der Waals surface area contributed by atoms with Crippen LogP contribution in [0.4, 0.5) is 17.5 Å². The number of likely N-dealkylation sites (tertiary alicyclic amines) is 2. The summed E-state index contributed by atoms with van der Waals surface area (Å²) in [5, 5.41) is 46.1. The van der Waals surface area contributed by atoms with Crippen molar-refractivity contribution in [1.82, 2.24) is 60.1 Å². The molecule has 0 spiro atoms. The van der Waals surface area contributed by atoms with Gasteiger partial charge in [-0.05, 0) is 213 Å². The first-order chi connectivity index (χ1) is 50.1. The number of nitrogens with zero attached hydrogens (tertiary/aromatic N) is 10. The van der Waals surface area contributed by atoms with Crippen molar-refractivity contribution in [3.63, 3.8) is 0 Å². The Morgan fingerprint density at radius 2 is 1.05 bits per heavy atom. The van der Waals surface area contributed by atoms with E-state index >= 15 is 0 Å². The van der Waals surface area contributed by atoms with Crippen molar-refractivity contribution < 1.29 is 48.2 Å². The van der Waals surface area contributed by atoms with E-state index in [9.17, 15) is 44.1 Å². The summed E-state index contributed by atoms with van der Waals surface area (Å²) in [6, 6.07) is 7.64. The van der Waals surface area contributed by atoms with E-state index in [1.54, 1.807) is 44.4 Å². The fraction of sp³-hybridized carbons (Fsp3) is 0.605. The van der Waals surface area contributed by atoms with Crippen LogP contribution in [0, 0.1) is 26.7 Å². The van der Waals surface area contributed by atoms with Crippen LogP contribution < -0.4 is 26.6 Å². The lowest BCUT2D eigenvalue weighted by molar-refractivity contribution is 0.0472. The minimum Gasteiger partial charge on any atom is -0.394 e. The number of fused-ring (bicyclic) bond motifs is 2. The van der Waals surface area contributed by atoms with Gasteiger partial charge in [-0.3, -0.25) is 28.8 Å². The molecule has 2 aliphatic carbocycles. The maximum Gasteiger partial charge on any atom is 0.283 e. The molecule has 6 aliphatic rings. The van der Waals surface area contributed by atoms with Crippen LogP contribution in [-0.4, -0.2) is 199 Å². The molecular weight excluding hydrogens is 1360 g/mol. The Hall–Kier alpha value is -7.56. The van der Waals surface area contributed by atoms with Gasteiger partial charge in [0.05, 0.1) is 38.0 Å². The zero-order valence-electron chi connectivity index (χ0n) is 65.2. The zero-order chi connectivity index (χ0) is 77.1. The van der Waals surface area contributed by atoms with Gasteiger partial charge in [0, 0.05) is 115 Å². The van der Waals surface area contributed by atoms with Crippen molar-refractivity contribution in [2.75, 3.05) is 55.8 Å². The quantitative estimate of drug-likeness (QED) is 0.0264. The number of thiazole rings is 3. The average Bonchev–Trinajstić information content (AvgIpc) is 1.61. The summed E-state index contributed by atoms with van der Waals surface area (Å²) >= 11 is 3.51. The monoisotopic (exact) mass is 1470 g/mol. The minimum absolute atomic E-state index is 0.0164. The molecule has 0 aromatic carbocycles. The number of rotatable bonds is 25. The van der Waals surface area contributed by atoms with E-state index in [1.807, 2.05) is 55.7 Å². The van der Waals surface area contributed by atoms with Gasteiger partial charge in [0.1, 0.15) is 34.5 Å². The van der Waals surface area contributed by atoms with Crippen LogP contribution >= 0.6 is 34.0 Å². The van der Waals surface area contributed by atoms with E-state index < -0.39 is 36.0 Å². The maximum absolute atomic E-state index is 13.8. The number of likely N-dealkylation sites (N-methyl/N-ethyl adjacent to an activating group) is 1. The summed E-state index contributed by atoms with van der Waals surface area (Å²) in [7, 11) is 1.66. The van der Waals surface area contributed by atoms with Gasteiger partial charge in [0.25, 0.3) is 35.4 Å². The second-order valence-corrected chi connectivity index (χ2v) is 33.0. The fourth-order valence-electron chi connectivity index (χ4n) is 13.4. The molecule has 4 saturated heterocycles. The Bertz CT molecular complexity index is 4170. The Morgan fingerprint density at radius 1 is 0.631 bits per heavy atom. The lowest BCUT2D eigenvalue weighted by Crippen LogP contribution is -2.47. The lowest BCUT2D eigenvalue weighted by atomic mass is 10.0. The van der Waals surface area contributed by atoms with Crippen LogP contribution in [0.25, 0.3) is 31.3 Å². The van der Waals surface area contributed by atoms with Crippen LogP contribution in [0.1, 0.15) is 254 Å². The number of anilines is 3. The molecule has 558 valence electrons. The van der Waals surface area contributed by atoms with E-state index in [1.165, 1.54) is 40.4 Å². The number of aryl methyl sites for hydroxylation is 3. The van der Waals surface area contributed by atoms with Crippen LogP contribution in [-0.2, 0) is 0 Å². The predicted octanol–water partition coefficient (Wildman–Crippen LogP) is 12.2. The van der Waals surface area contributed by atoms with Crippen molar-refractivity contribution in [2.45, 2.75) is 252 Å². The number of pyridine rings is 3. The van der Waals surface area contributed by atoms with Gasteiger partial charge in [0.15, 0.2) is 15.0 Å². The number of nitrogens with one attached hydrogen (secondary N) is 5. The highest BCUT2D eigenvalue weighted by Crippen LogP contribution is 2.44. The molecule has 2 bridgehead atoms.